The second-order valence-electron chi connectivity index (χ2n) is 7.01. The molecule has 5 rings (SSSR count). The predicted octanol–water partition coefficient (Wildman–Crippen LogP) is 4.36. The topological polar surface area (TPSA) is 66.6 Å². The predicted molar refractivity (Wildman–Crippen MR) is 109 cm³/mol. The number of H-pyrrole nitrogens is 2. The van der Waals surface area contributed by atoms with Crippen LogP contribution in [-0.2, 0) is 11.8 Å². The molecule has 4 aromatic rings. The van der Waals surface area contributed by atoms with Crippen molar-refractivity contribution < 1.29 is 4.74 Å². The summed E-state index contributed by atoms with van der Waals surface area (Å²) in [7, 11) is 1.70. The average molecular weight is 368 g/mol. The number of imidazole rings is 1. The molecule has 138 valence electrons. The molecule has 0 aliphatic heterocycles. The molecule has 0 fully saturated rings. The maximum Gasteiger partial charge on any atom is 0.119 e. The van der Waals surface area contributed by atoms with Gasteiger partial charge in [0.15, 0.2) is 0 Å². The van der Waals surface area contributed by atoms with Crippen molar-refractivity contribution in [1.82, 2.24) is 20.2 Å². The first-order valence-electron chi connectivity index (χ1n) is 9.25. The van der Waals surface area contributed by atoms with E-state index in [-0.39, 0.29) is 5.41 Å². The molecule has 5 heteroatoms. The number of nitrogens with zero attached hydrogens (tertiary/aromatic N) is 2. The van der Waals surface area contributed by atoms with Gasteiger partial charge < -0.3 is 9.72 Å². The molecule has 2 N–H and O–H groups in total. The minimum atomic E-state index is -0.291. The van der Waals surface area contributed by atoms with Crippen molar-refractivity contribution in [2.24, 2.45) is 0 Å². The van der Waals surface area contributed by atoms with Gasteiger partial charge in [0.05, 0.1) is 25.3 Å². The van der Waals surface area contributed by atoms with Crippen LogP contribution in [0.25, 0.3) is 17.5 Å². The first kappa shape index (κ1) is 16.6. The summed E-state index contributed by atoms with van der Waals surface area (Å²) in [4.78, 5) is 7.27. The summed E-state index contributed by atoms with van der Waals surface area (Å²) >= 11 is 0. The third kappa shape index (κ3) is 2.55. The van der Waals surface area contributed by atoms with E-state index in [2.05, 4.69) is 68.7 Å². The number of nitrogens with one attached hydrogen (secondary N) is 2. The second kappa shape index (κ2) is 6.53. The molecule has 2 aromatic carbocycles. The number of benzene rings is 2. The number of ether oxygens (including phenoxy) is 1. The van der Waals surface area contributed by atoms with E-state index in [0.29, 0.717) is 0 Å². The highest BCUT2D eigenvalue weighted by atomic mass is 16.5. The SMILES string of the molecule is COc1cccc(C2(c3ccccc3)C=Cc3c(-c4cnc[nH]4)n[nH]c3C2)c1. The summed E-state index contributed by atoms with van der Waals surface area (Å²) in [5.41, 5.74) is 6.17. The van der Waals surface area contributed by atoms with Crippen LogP contribution in [0.4, 0.5) is 0 Å². The van der Waals surface area contributed by atoms with Gasteiger partial charge in [-0.3, -0.25) is 5.10 Å². The molecular formula is C23H20N4O. The van der Waals surface area contributed by atoms with Crippen molar-refractivity contribution in [1.29, 1.82) is 0 Å². The number of hydrogen-bond acceptors (Lipinski definition) is 3. The van der Waals surface area contributed by atoms with Crippen LogP contribution < -0.4 is 4.74 Å². The lowest BCUT2D eigenvalue weighted by molar-refractivity contribution is 0.413. The molecule has 1 aliphatic carbocycles. The number of hydrogen-bond donors (Lipinski definition) is 2. The van der Waals surface area contributed by atoms with Crippen LogP contribution in [-0.4, -0.2) is 27.3 Å². The molecule has 1 atom stereocenters. The van der Waals surface area contributed by atoms with Gasteiger partial charge in [0.2, 0.25) is 0 Å². The van der Waals surface area contributed by atoms with Crippen molar-refractivity contribution in [3.8, 4) is 17.1 Å². The Hall–Kier alpha value is -3.60. The third-order valence-corrected chi connectivity index (χ3v) is 5.50. The molecule has 5 nitrogen and oxygen atoms in total. The van der Waals surface area contributed by atoms with Crippen LogP contribution in [0.2, 0.25) is 0 Å². The van der Waals surface area contributed by atoms with Crippen molar-refractivity contribution in [3.63, 3.8) is 0 Å². The molecule has 0 spiro atoms. The minimum Gasteiger partial charge on any atom is -0.497 e. The second-order valence-corrected chi connectivity index (χ2v) is 7.01. The van der Waals surface area contributed by atoms with E-state index >= 15 is 0 Å². The number of aromatic amines is 2. The summed E-state index contributed by atoms with van der Waals surface area (Å²) in [5, 5.41) is 7.81. The summed E-state index contributed by atoms with van der Waals surface area (Å²) < 4.78 is 5.49. The molecule has 1 unspecified atom stereocenters. The van der Waals surface area contributed by atoms with Crippen LogP contribution in [0.15, 0.2) is 73.2 Å². The summed E-state index contributed by atoms with van der Waals surface area (Å²) in [6.07, 6.45) is 8.72. The molecule has 0 radical (unpaired) electrons. The van der Waals surface area contributed by atoms with Crippen molar-refractivity contribution in [2.75, 3.05) is 7.11 Å². The van der Waals surface area contributed by atoms with Crippen molar-refractivity contribution in [3.05, 3.63) is 95.6 Å². The molecule has 28 heavy (non-hydrogen) atoms. The Morgan fingerprint density at radius 3 is 2.68 bits per heavy atom. The van der Waals surface area contributed by atoms with Gasteiger partial charge in [-0.25, -0.2) is 4.98 Å². The lowest BCUT2D eigenvalue weighted by atomic mass is 9.68. The van der Waals surface area contributed by atoms with Gasteiger partial charge >= 0.3 is 0 Å². The Bertz CT molecular complexity index is 1130. The number of aromatic nitrogens is 4. The first-order valence-corrected chi connectivity index (χ1v) is 9.25. The lowest BCUT2D eigenvalue weighted by Crippen LogP contribution is -2.30. The highest BCUT2D eigenvalue weighted by molar-refractivity contribution is 5.74. The minimum absolute atomic E-state index is 0.291. The number of fused-ring (bicyclic) bond motifs is 1. The Morgan fingerprint density at radius 2 is 1.89 bits per heavy atom. The molecular weight excluding hydrogens is 348 g/mol. The van der Waals surface area contributed by atoms with Gasteiger partial charge in [0, 0.05) is 23.1 Å². The van der Waals surface area contributed by atoms with E-state index in [1.165, 1.54) is 11.1 Å². The molecule has 0 bridgehead atoms. The fourth-order valence-corrected chi connectivity index (χ4v) is 4.05. The van der Waals surface area contributed by atoms with Crippen LogP contribution >= 0.6 is 0 Å². The maximum atomic E-state index is 5.49. The van der Waals surface area contributed by atoms with E-state index in [0.717, 1.165) is 34.8 Å². The van der Waals surface area contributed by atoms with Gasteiger partial charge in [-0.15, -0.1) is 0 Å². The zero-order valence-corrected chi connectivity index (χ0v) is 15.5. The normalized spacial score (nSPS) is 18.0. The van der Waals surface area contributed by atoms with Crippen molar-refractivity contribution >= 4 is 6.08 Å². The Kier molecular flexibility index (Phi) is 3.86. The zero-order chi connectivity index (χ0) is 19.0. The fraction of sp³-hybridized carbons (Fsp3) is 0.130. The summed E-state index contributed by atoms with van der Waals surface area (Å²) in [6.45, 7) is 0. The molecule has 0 amide bonds. The van der Waals surface area contributed by atoms with Crippen LogP contribution in [0.5, 0.6) is 5.75 Å². The molecule has 2 heterocycles. The largest absolute Gasteiger partial charge is 0.497 e. The van der Waals surface area contributed by atoms with Gasteiger partial charge in [0.25, 0.3) is 0 Å². The number of allylic oxidation sites excluding steroid dienone is 1. The van der Waals surface area contributed by atoms with Gasteiger partial charge in [-0.05, 0) is 23.3 Å². The van der Waals surface area contributed by atoms with E-state index in [1.54, 1.807) is 19.6 Å². The van der Waals surface area contributed by atoms with Crippen LogP contribution in [0, 0.1) is 0 Å². The Morgan fingerprint density at radius 1 is 1.04 bits per heavy atom. The van der Waals surface area contributed by atoms with Crippen molar-refractivity contribution in [2.45, 2.75) is 11.8 Å². The monoisotopic (exact) mass is 368 g/mol. The smallest absolute Gasteiger partial charge is 0.119 e. The molecule has 2 aromatic heterocycles. The Labute approximate surface area is 163 Å². The molecule has 0 saturated carbocycles. The standard InChI is InChI=1S/C23H20N4O/c1-28-18-9-5-8-17(12-18)23(16-6-3-2-4-7-16)11-10-19-20(13-23)26-27-22(19)21-14-24-15-25-21/h2-12,14-15H,13H2,1H3,(H,24,25)(H,26,27). The highest BCUT2D eigenvalue weighted by Gasteiger charge is 2.36. The highest BCUT2D eigenvalue weighted by Crippen LogP contribution is 2.43. The summed E-state index contributed by atoms with van der Waals surface area (Å²) in [6, 6.07) is 18.9. The zero-order valence-electron chi connectivity index (χ0n) is 15.5. The van der Waals surface area contributed by atoms with E-state index < -0.39 is 0 Å². The van der Waals surface area contributed by atoms with Crippen LogP contribution in [0.3, 0.4) is 0 Å². The van der Waals surface area contributed by atoms with E-state index in [4.69, 9.17) is 4.74 Å². The molecule has 1 aliphatic rings. The molecule has 0 saturated heterocycles. The number of rotatable bonds is 4. The van der Waals surface area contributed by atoms with Crippen LogP contribution in [0.1, 0.15) is 22.4 Å². The first-order chi connectivity index (χ1) is 13.8. The lowest BCUT2D eigenvalue weighted by Gasteiger charge is -2.34. The average Bonchev–Trinajstić information content (AvgIpc) is 3.43. The van der Waals surface area contributed by atoms with Gasteiger partial charge in [-0.2, -0.15) is 5.10 Å². The Balaban J connectivity index is 1.67. The fourth-order valence-electron chi connectivity index (χ4n) is 4.05. The van der Waals surface area contributed by atoms with E-state index in [9.17, 15) is 0 Å². The quantitative estimate of drug-likeness (QED) is 0.562. The third-order valence-electron chi connectivity index (χ3n) is 5.50. The van der Waals surface area contributed by atoms with E-state index in [1.807, 2.05) is 18.2 Å². The number of methoxy groups -OCH3 is 1. The maximum absolute atomic E-state index is 5.49. The summed E-state index contributed by atoms with van der Waals surface area (Å²) in [5.74, 6) is 0.856. The van der Waals surface area contributed by atoms with Gasteiger partial charge in [0.1, 0.15) is 11.4 Å². The van der Waals surface area contributed by atoms with Gasteiger partial charge in [-0.1, -0.05) is 54.6 Å².